The van der Waals surface area contributed by atoms with Crippen molar-refractivity contribution in [2.45, 2.75) is 58.4 Å². The molecular formula is C12H23F2N. The van der Waals surface area contributed by atoms with Crippen molar-refractivity contribution in [3.63, 3.8) is 0 Å². The summed E-state index contributed by atoms with van der Waals surface area (Å²) in [6, 6.07) is 0.341. The SMILES string of the molecule is CNC(C1CCC(F)(F)CC1)C(C)(C)C. The van der Waals surface area contributed by atoms with Gasteiger partial charge < -0.3 is 5.32 Å². The molecule has 90 valence electrons. The third kappa shape index (κ3) is 3.40. The topological polar surface area (TPSA) is 12.0 Å². The average Bonchev–Trinajstić information content (AvgIpc) is 2.06. The van der Waals surface area contributed by atoms with Gasteiger partial charge in [-0.05, 0) is 31.2 Å². The highest BCUT2D eigenvalue weighted by molar-refractivity contribution is 4.90. The highest BCUT2D eigenvalue weighted by Crippen LogP contribution is 2.40. The van der Waals surface area contributed by atoms with Gasteiger partial charge in [0.2, 0.25) is 5.92 Å². The molecule has 0 saturated heterocycles. The van der Waals surface area contributed by atoms with E-state index in [1.54, 1.807) is 0 Å². The van der Waals surface area contributed by atoms with Crippen molar-refractivity contribution < 1.29 is 8.78 Å². The Morgan fingerprint density at radius 3 is 2.00 bits per heavy atom. The van der Waals surface area contributed by atoms with Crippen LogP contribution < -0.4 is 5.32 Å². The first-order valence-corrected chi connectivity index (χ1v) is 5.81. The van der Waals surface area contributed by atoms with Crippen LogP contribution >= 0.6 is 0 Å². The molecule has 3 heteroatoms. The van der Waals surface area contributed by atoms with Crippen LogP contribution in [0.15, 0.2) is 0 Å². The molecule has 1 aliphatic rings. The van der Waals surface area contributed by atoms with Crippen molar-refractivity contribution in [2.75, 3.05) is 7.05 Å². The zero-order valence-corrected chi connectivity index (χ0v) is 10.2. The summed E-state index contributed by atoms with van der Waals surface area (Å²) in [4.78, 5) is 0. The Bertz CT molecular complexity index is 198. The summed E-state index contributed by atoms with van der Waals surface area (Å²) in [5, 5.41) is 3.29. The van der Waals surface area contributed by atoms with Crippen molar-refractivity contribution in [3.8, 4) is 0 Å². The van der Waals surface area contributed by atoms with E-state index in [0.717, 1.165) is 0 Å². The van der Waals surface area contributed by atoms with Crippen molar-refractivity contribution in [1.29, 1.82) is 0 Å². The fourth-order valence-electron chi connectivity index (χ4n) is 2.77. The summed E-state index contributed by atoms with van der Waals surface area (Å²) >= 11 is 0. The maximum absolute atomic E-state index is 13.0. The van der Waals surface area contributed by atoms with E-state index in [9.17, 15) is 8.78 Å². The summed E-state index contributed by atoms with van der Waals surface area (Å²) in [5.41, 5.74) is 0.145. The van der Waals surface area contributed by atoms with Gasteiger partial charge in [-0.2, -0.15) is 0 Å². The van der Waals surface area contributed by atoms with E-state index in [1.165, 1.54) is 0 Å². The predicted molar refractivity (Wildman–Crippen MR) is 59.2 cm³/mol. The monoisotopic (exact) mass is 219 g/mol. The summed E-state index contributed by atoms with van der Waals surface area (Å²) in [5.74, 6) is -2.01. The van der Waals surface area contributed by atoms with Crippen LogP contribution in [0, 0.1) is 11.3 Å². The van der Waals surface area contributed by atoms with Crippen LogP contribution in [0.2, 0.25) is 0 Å². The summed E-state index contributed by atoms with van der Waals surface area (Å²) in [6.07, 6.45) is 1.42. The molecule has 0 amide bonds. The molecule has 0 bridgehead atoms. The number of hydrogen-bond acceptors (Lipinski definition) is 1. The van der Waals surface area contributed by atoms with Crippen LogP contribution in [-0.2, 0) is 0 Å². The molecule has 15 heavy (non-hydrogen) atoms. The molecule has 0 aromatic rings. The Hall–Kier alpha value is -0.180. The summed E-state index contributed by atoms with van der Waals surface area (Å²) < 4.78 is 26.0. The minimum Gasteiger partial charge on any atom is -0.316 e. The minimum atomic E-state index is -2.41. The van der Waals surface area contributed by atoms with Gasteiger partial charge in [-0.15, -0.1) is 0 Å². The lowest BCUT2D eigenvalue weighted by molar-refractivity contribution is -0.0541. The van der Waals surface area contributed by atoms with Crippen LogP contribution in [0.1, 0.15) is 46.5 Å². The van der Waals surface area contributed by atoms with Crippen molar-refractivity contribution in [2.24, 2.45) is 11.3 Å². The molecule has 0 aromatic heterocycles. The first-order chi connectivity index (χ1) is 6.76. The second kappa shape index (κ2) is 4.36. The first kappa shape index (κ1) is 12.9. The lowest BCUT2D eigenvalue weighted by Crippen LogP contribution is -2.46. The third-order valence-electron chi connectivity index (χ3n) is 3.48. The molecule has 0 aromatic carbocycles. The maximum atomic E-state index is 13.0. The van der Waals surface area contributed by atoms with Crippen LogP contribution in [-0.4, -0.2) is 19.0 Å². The number of halogens is 2. The van der Waals surface area contributed by atoms with E-state index < -0.39 is 5.92 Å². The van der Waals surface area contributed by atoms with Crippen molar-refractivity contribution >= 4 is 0 Å². The van der Waals surface area contributed by atoms with Crippen LogP contribution in [0.3, 0.4) is 0 Å². The molecule has 1 N–H and O–H groups in total. The van der Waals surface area contributed by atoms with Gasteiger partial charge in [-0.3, -0.25) is 0 Å². The van der Waals surface area contributed by atoms with Gasteiger partial charge in [0.15, 0.2) is 0 Å². The van der Waals surface area contributed by atoms with Gasteiger partial charge in [0.1, 0.15) is 0 Å². The Balaban J connectivity index is 2.58. The fourth-order valence-corrected chi connectivity index (χ4v) is 2.77. The van der Waals surface area contributed by atoms with Gasteiger partial charge >= 0.3 is 0 Å². The maximum Gasteiger partial charge on any atom is 0.248 e. The zero-order valence-electron chi connectivity index (χ0n) is 10.2. The number of rotatable bonds is 2. The predicted octanol–water partition coefficient (Wildman–Crippen LogP) is 3.45. The van der Waals surface area contributed by atoms with Crippen LogP contribution in [0.4, 0.5) is 8.78 Å². The molecule has 1 fully saturated rings. The first-order valence-electron chi connectivity index (χ1n) is 5.81. The van der Waals surface area contributed by atoms with Crippen LogP contribution in [0.5, 0.6) is 0 Å². The molecule has 0 heterocycles. The zero-order chi connectivity index (χ0) is 11.7. The largest absolute Gasteiger partial charge is 0.316 e. The normalized spacial score (nSPS) is 25.2. The fraction of sp³-hybridized carbons (Fsp3) is 1.00. The molecule has 1 atom stereocenters. The van der Waals surface area contributed by atoms with E-state index in [4.69, 9.17) is 0 Å². The molecule has 0 spiro atoms. The van der Waals surface area contributed by atoms with E-state index in [-0.39, 0.29) is 18.3 Å². The molecule has 1 saturated carbocycles. The highest BCUT2D eigenvalue weighted by atomic mass is 19.3. The van der Waals surface area contributed by atoms with Gasteiger partial charge in [0.25, 0.3) is 0 Å². The molecular weight excluding hydrogens is 196 g/mol. The third-order valence-corrected chi connectivity index (χ3v) is 3.48. The Morgan fingerprint density at radius 2 is 1.67 bits per heavy atom. The van der Waals surface area contributed by atoms with Gasteiger partial charge in [-0.25, -0.2) is 8.78 Å². The second-order valence-corrected chi connectivity index (χ2v) is 5.83. The number of nitrogens with one attached hydrogen (secondary N) is 1. The summed E-state index contributed by atoms with van der Waals surface area (Å²) in [7, 11) is 1.93. The quantitative estimate of drug-likeness (QED) is 0.750. The summed E-state index contributed by atoms with van der Waals surface area (Å²) in [6.45, 7) is 6.50. The van der Waals surface area contributed by atoms with Crippen molar-refractivity contribution in [1.82, 2.24) is 5.32 Å². The van der Waals surface area contributed by atoms with E-state index in [2.05, 4.69) is 26.1 Å². The van der Waals surface area contributed by atoms with E-state index in [0.29, 0.717) is 24.8 Å². The second-order valence-electron chi connectivity index (χ2n) is 5.83. The molecule has 1 aliphatic carbocycles. The highest BCUT2D eigenvalue weighted by Gasteiger charge is 2.40. The molecule has 1 nitrogen and oxygen atoms in total. The molecule has 1 rings (SSSR count). The van der Waals surface area contributed by atoms with Gasteiger partial charge in [-0.1, -0.05) is 20.8 Å². The molecule has 1 unspecified atom stereocenters. The Labute approximate surface area is 91.6 Å². The lowest BCUT2D eigenvalue weighted by atomic mass is 9.72. The average molecular weight is 219 g/mol. The smallest absolute Gasteiger partial charge is 0.248 e. The lowest BCUT2D eigenvalue weighted by Gasteiger charge is -2.40. The molecule has 0 aliphatic heterocycles. The Kier molecular flexibility index (Phi) is 3.75. The molecule has 0 radical (unpaired) electrons. The Morgan fingerprint density at radius 1 is 1.20 bits per heavy atom. The van der Waals surface area contributed by atoms with Gasteiger partial charge in [0, 0.05) is 18.9 Å². The van der Waals surface area contributed by atoms with E-state index in [1.807, 2.05) is 7.05 Å². The van der Waals surface area contributed by atoms with E-state index >= 15 is 0 Å². The van der Waals surface area contributed by atoms with Crippen LogP contribution in [0.25, 0.3) is 0 Å². The van der Waals surface area contributed by atoms with Crippen molar-refractivity contribution in [3.05, 3.63) is 0 Å². The minimum absolute atomic E-state index is 0.0614. The number of hydrogen-bond donors (Lipinski definition) is 1. The number of alkyl halides is 2. The van der Waals surface area contributed by atoms with Gasteiger partial charge in [0.05, 0.1) is 0 Å². The standard InChI is InChI=1S/C12H23F2N/c1-11(2,3)10(15-4)9-5-7-12(13,14)8-6-9/h9-10,15H,5-8H2,1-4H3.